The maximum absolute atomic E-state index is 8.71. The summed E-state index contributed by atoms with van der Waals surface area (Å²) in [5.74, 6) is 0.715. The van der Waals surface area contributed by atoms with Gasteiger partial charge in [0.25, 0.3) is 0 Å². The van der Waals surface area contributed by atoms with Gasteiger partial charge >= 0.3 is 0 Å². The van der Waals surface area contributed by atoms with Crippen LogP contribution in [0.2, 0.25) is 0 Å². The summed E-state index contributed by atoms with van der Waals surface area (Å²) < 4.78 is 5.17. The molecule has 1 fully saturated rings. The van der Waals surface area contributed by atoms with Crippen LogP contribution in [0.3, 0.4) is 0 Å². The Morgan fingerprint density at radius 1 is 1.62 bits per heavy atom. The third-order valence-electron chi connectivity index (χ3n) is 2.79. The Morgan fingerprint density at radius 3 is 3.00 bits per heavy atom. The fourth-order valence-electron chi connectivity index (χ4n) is 2.18. The van der Waals surface area contributed by atoms with E-state index in [1.54, 1.807) is 7.11 Å². The van der Waals surface area contributed by atoms with Crippen LogP contribution in [0.1, 0.15) is 26.2 Å². The van der Waals surface area contributed by atoms with Gasteiger partial charge in [-0.15, -0.1) is 0 Å². The molecule has 1 heterocycles. The second-order valence-corrected chi connectivity index (χ2v) is 4.31. The Labute approximate surface area is 80.5 Å². The van der Waals surface area contributed by atoms with Crippen molar-refractivity contribution in [1.29, 1.82) is 0 Å². The Bertz CT molecular complexity index is 152. The highest BCUT2D eigenvalue weighted by Crippen LogP contribution is 2.27. The quantitative estimate of drug-likeness (QED) is 0.668. The van der Waals surface area contributed by atoms with E-state index >= 15 is 0 Å². The van der Waals surface area contributed by atoms with Gasteiger partial charge in [0, 0.05) is 19.3 Å². The summed E-state index contributed by atoms with van der Waals surface area (Å²) in [5, 5.41) is 12.2. The first kappa shape index (κ1) is 11.0. The lowest BCUT2D eigenvalue weighted by Crippen LogP contribution is -2.40. The second kappa shape index (κ2) is 4.94. The molecular weight excluding hydrogens is 166 g/mol. The highest BCUT2D eigenvalue weighted by molar-refractivity contribution is 4.92. The summed E-state index contributed by atoms with van der Waals surface area (Å²) in [6, 6.07) is 0. The number of aliphatic hydroxyl groups is 1. The van der Waals surface area contributed by atoms with Gasteiger partial charge in [0.05, 0.1) is 6.61 Å². The van der Waals surface area contributed by atoms with Crippen LogP contribution < -0.4 is 5.32 Å². The van der Waals surface area contributed by atoms with E-state index in [0.29, 0.717) is 12.5 Å². The van der Waals surface area contributed by atoms with E-state index in [1.807, 2.05) is 0 Å². The van der Waals surface area contributed by atoms with Gasteiger partial charge in [-0.25, -0.2) is 0 Å². The van der Waals surface area contributed by atoms with Crippen LogP contribution in [0, 0.1) is 5.92 Å². The topological polar surface area (TPSA) is 41.5 Å². The summed E-state index contributed by atoms with van der Waals surface area (Å²) in [6.45, 7) is 4.37. The third-order valence-corrected chi connectivity index (χ3v) is 2.79. The molecule has 1 aliphatic heterocycles. The van der Waals surface area contributed by atoms with Gasteiger partial charge in [-0.1, -0.05) is 0 Å². The van der Waals surface area contributed by atoms with E-state index in [9.17, 15) is 0 Å². The molecule has 0 aromatic heterocycles. The van der Waals surface area contributed by atoms with Gasteiger partial charge in [0.15, 0.2) is 0 Å². The summed E-state index contributed by atoms with van der Waals surface area (Å²) in [7, 11) is 1.74. The number of rotatable bonds is 5. The van der Waals surface area contributed by atoms with E-state index in [-0.39, 0.29) is 5.54 Å². The molecule has 0 spiro atoms. The molecule has 1 rings (SSSR count). The lowest BCUT2D eigenvalue weighted by atomic mass is 9.93. The first-order valence-electron chi connectivity index (χ1n) is 5.05. The number of ether oxygens (including phenoxy) is 1. The van der Waals surface area contributed by atoms with Crippen molar-refractivity contribution in [3.05, 3.63) is 0 Å². The molecular formula is C10H21NO2. The molecule has 0 bridgehead atoms. The molecule has 0 saturated carbocycles. The van der Waals surface area contributed by atoms with Crippen LogP contribution in [-0.4, -0.2) is 37.5 Å². The molecule has 2 atom stereocenters. The van der Waals surface area contributed by atoms with Gasteiger partial charge in [-0.2, -0.15) is 0 Å². The maximum Gasteiger partial charge on any atom is 0.0641 e. The van der Waals surface area contributed by atoms with E-state index in [0.717, 1.165) is 26.0 Å². The van der Waals surface area contributed by atoms with E-state index in [1.165, 1.54) is 6.42 Å². The monoisotopic (exact) mass is 187 g/mol. The zero-order valence-corrected chi connectivity index (χ0v) is 8.68. The van der Waals surface area contributed by atoms with Gasteiger partial charge in [-0.3, -0.25) is 0 Å². The number of nitrogens with one attached hydrogen (secondary N) is 1. The van der Waals surface area contributed by atoms with Crippen molar-refractivity contribution in [3.63, 3.8) is 0 Å². The number of hydrogen-bond donors (Lipinski definition) is 2. The van der Waals surface area contributed by atoms with Crippen LogP contribution in [-0.2, 0) is 4.74 Å². The van der Waals surface area contributed by atoms with E-state index in [4.69, 9.17) is 9.84 Å². The average molecular weight is 187 g/mol. The molecule has 0 aromatic rings. The number of aliphatic hydroxyl groups excluding tert-OH is 1. The SMILES string of the molecule is COCC1(C)CC(CCCO)CN1. The summed E-state index contributed by atoms with van der Waals surface area (Å²) in [6.07, 6.45) is 3.22. The molecule has 0 amide bonds. The molecule has 2 N–H and O–H groups in total. The van der Waals surface area contributed by atoms with Crippen molar-refractivity contribution in [2.75, 3.05) is 26.9 Å². The molecule has 3 nitrogen and oxygen atoms in total. The van der Waals surface area contributed by atoms with Gasteiger partial charge in [0.1, 0.15) is 0 Å². The Morgan fingerprint density at radius 2 is 2.38 bits per heavy atom. The van der Waals surface area contributed by atoms with E-state index < -0.39 is 0 Å². The molecule has 0 aliphatic carbocycles. The summed E-state index contributed by atoms with van der Waals surface area (Å²) in [5.41, 5.74) is 0.162. The largest absolute Gasteiger partial charge is 0.396 e. The second-order valence-electron chi connectivity index (χ2n) is 4.31. The van der Waals surface area contributed by atoms with Crippen molar-refractivity contribution >= 4 is 0 Å². The average Bonchev–Trinajstić information content (AvgIpc) is 2.45. The van der Waals surface area contributed by atoms with Crippen LogP contribution >= 0.6 is 0 Å². The van der Waals surface area contributed by atoms with Crippen LogP contribution in [0.4, 0.5) is 0 Å². The first-order chi connectivity index (χ1) is 6.20. The highest BCUT2D eigenvalue weighted by atomic mass is 16.5. The van der Waals surface area contributed by atoms with Gasteiger partial charge in [-0.05, 0) is 38.6 Å². The van der Waals surface area contributed by atoms with Crippen molar-refractivity contribution in [2.24, 2.45) is 5.92 Å². The molecule has 0 radical (unpaired) electrons. The fraction of sp³-hybridized carbons (Fsp3) is 1.00. The number of methoxy groups -OCH3 is 1. The molecule has 2 unspecified atom stereocenters. The van der Waals surface area contributed by atoms with Gasteiger partial charge in [0.2, 0.25) is 0 Å². The predicted octanol–water partition coefficient (Wildman–Crippen LogP) is 0.774. The predicted molar refractivity (Wildman–Crippen MR) is 52.7 cm³/mol. The molecule has 1 aliphatic rings. The van der Waals surface area contributed by atoms with Crippen molar-refractivity contribution in [3.8, 4) is 0 Å². The smallest absolute Gasteiger partial charge is 0.0641 e. The number of hydrogen-bond acceptors (Lipinski definition) is 3. The Balaban J connectivity index is 2.26. The first-order valence-corrected chi connectivity index (χ1v) is 5.05. The van der Waals surface area contributed by atoms with Crippen molar-refractivity contribution < 1.29 is 9.84 Å². The minimum atomic E-state index is 0.162. The molecule has 1 saturated heterocycles. The fourth-order valence-corrected chi connectivity index (χ4v) is 2.18. The van der Waals surface area contributed by atoms with Crippen molar-refractivity contribution in [2.45, 2.75) is 31.7 Å². The summed E-state index contributed by atoms with van der Waals surface area (Å²) in [4.78, 5) is 0. The Kier molecular flexibility index (Phi) is 4.16. The van der Waals surface area contributed by atoms with E-state index in [2.05, 4.69) is 12.2 Å². The van der Waals surface area contributed by atoms with Crippen LogP contribution in [0.15, 0.2) is 0 Å². The van der Waals surface area contributed by atoms with Crippen molar-refractivity contribution in [1.82, 2.24) is 5.32 Å². The lowest BCUT2D eigenvalue weighted by Gasteiger charge is -2.23. The third kappa shape index (κ3) is 3.25. The highest BCUT2D eigenvalue weighted by Gasteiger charge is 2.33. The van der Waals surface area contributed by atoms with Crippen LogP contribution in [0.25, 0.3) is 0 Å². The molecule has 0 aromatic carbocycles. The standard InChI is InChI=1S/C10H21NO2/c1-10(8-13-2)6-9(7-11-10)4-3-5-12/h9,11-12H,3-8H2,1-2H3. The minimum Gasteiger partial charge on any atom is -0.396 e. The molecule has 3 heteroatoms. The summed E-state index contributed by atoms with van der Waals surface area (Å²) >= 11 is 0. The normalized spacial score (nSPS) is 33.9. The lowest BCUT2D eigenvalue weighted by molar-refractivity contribution is 0.128. The maximum atomic E-state index is 8.71. The Hall–Kier alpha value is -0.120. The minimum absolute atomic E-state index is 0.162. The van der Waals surface area contributed by atoms with Crippen LogP contribution in [0.5, 0.6) is 0 Å². The molecule has 78 valence electrons. The zero-order chi connectivity index (χ0) is 9.73. The zero-order valence-electron chi connectivity index (χ0n) is 8.68. The molecule has 13 heavy (non-hydrogen) atoms. The van der Waals surface area contributed by atoms with Gasteiger partial charge < -0.3 is 15.2 Å².